The molecule has 0 atom stereocenters. The van der Waals surface area contributed by atoms with E-state index < -0.39 is 45.8 Å². The minimum absolute atomic E-state index is 0.0419. The van der Waals surface area contributed by atoms with Gasteiger partial charge >= 0.3 is 10.2 Å². The van der Waals surface area contributed by atoms with E-state index in [1.54, 1.807) is 4.72 Å². The van der Waals surface area contributed by atoms with Crippen molar-refractivity contribution in [3.63, 3.8) is 0 Å². The molecule has 0 unspecified atom stereocenters. The number of aromatic hydroxyl groups is 1. The SMILES string of the molecule is O=C1CN(c2c(O)ccc(-c3cnn(C4CCC(F)(F)CC4)c3)c2F)S(=O)(=O)N1. The first-order valence-electron chi connectivity index (χ1n) is 8.84. The molecule has 29 heavy (non-hydrogen) atoms. The Morgan fingerprint density at radius 2 is 1.93 bits per heavy atom. The molecule has 2 fully saturated rings. The van der Waals surface area contributed by atoms with Gasteiger partial charge in [-0.05, 0) is 25.0 Å². The summed E-state index contributed by atoms with van der Waals surface area (Å²) in [5, 5.41) is 14.2. The lowest BCUT2D eigenvalue weighted by Gasteiger charge is -2.28. The van der Waals surface area contributed by atoms with Crippen LogP contribution in [0.2, 0.25) is 0 Å². The molecule has 0 spiro atoms. The minimum Gasteiger partial charge on any atom is -0.506 e. The zero-order chi connectivity index (χ0) is 21.0. The van der Waals surface area contributed by atoms with Crippen LogP contribution in [0.3, 0.4) is 0 Å². The molecule has 1 amide bonds. The van der Waals surface area contributed by atoms with E-state index in [4.69, 9.17) is 0 Å². The maximum Gasteiger partial charge on any atom is 0.326 e. The van der Waals surface area contributed by atoms with Gasteiger partial charge < -0.3 is 5.11 Å². The van der Waals surface area contributed by atoms with E-state index in [0.29, 0.717) is 4.31 Å². The van der Waals surface area contributed by atoms with Gasteiger partial charge in [0.15, 0.2) is 5.82 Å². The molecule has 1 saturated carbocycles. The number of benzene rings is 1. The number of phenolic OH excluding ortho intramolecular Hbond substituents is 1. The van der Waals surface area contributed by atoms with Gasteiger partial charge in [-0.25, -0.2) is 22.2 Å². The van der Waals surface area contributed by atoms with Crippen molar-refractivity contribution in [1.29, 1.82) is 0 Å². The third-order valence-electron chi connectivity index (χ3n) is 5.14. The van der Waals surface area contributed by atoms with E-state index in [9.17, 15) is 27.1 Å². The smallest absolute Gasteiger partial charge is 0.326 e. The zero-order valence-electron chi connectivity index (χ0n) is 15.0. The van der Waals surface area contributed by atoms with Crippen LogP contribution < -0.4 is 9.03 Å². The van der Waals surface area contributed by atoms with Crippen LogP contribution in [0.1, 0.15) is 31.7 Å². The largest absolute Gasteiger partial charge is 0.506 e. The third-order valence-corrected chi connectivity index (χ3v) is 6.52. The minimum atomic E-state index is -4.31. The maximum absolute atomic E-state index is 15.2. The number of anilines is 1. The Morgan fingerprint density at radius 1 is 1.24 bits per heavy atom. The lowest BCUT2D eigenvalue weighted by molar-refractivity contribution is -0.117. The molecule has 0 bridgehead atoms. The average Bonchev–Trinajstić information content (AvgIpc) is 3.19. The second kappa shape index (κ2) is 6.65. The predicted octanol–water partition coefficient (Wildman–Crippen LogP) is 2.33. The highest BCUT2D eigenvalue weighted by molar-refractivity contribution is 7.92. The molecular weight excluding hydrogens is 413 g/mol. The normalized spacial score (nSPS) is 21.3. The van der Waals surface area contributed by atoms with E-state index in [-0.39, 0.29) is 42.9 Å². The number of hydrogen-bond donors (Lipinski definition) is 2. The summed E-state index contributed by atoms with van der Waals surface area (Å²) in [7, 11) is -4.31. The molecule has 2 aliphatic rings. The molecule has 8 nitrogen and oxygen atoms in total. The molecule has 1 aliphatic heterocycles. The van der Waals surface area contributed by atoms with Crippen molar-refractivity contribution in [3.8, 4) is 16.9 Å². The molecule has 1 saturated heterocycles. The second-order valence-electron chi connectivity index (χ2n) is 7.13. The van der Waals surface area contributed by atoms with Gasteiger partial charge in [-0.1, -0.05) is 0 Å². The van der Waals surface area contributed by atoms with Crippen molar-refractivity contribution >= 4 is 21.8 Å². The number of amides is 1. The summed E-state index contributed by atoms with van der Waals surface area (Å²) in [5.74, 6) is -5.22. The van der Waals surface area contributed by atoms with Crippen LogP contribution in [-0.4, -0.2) is 41.7 Å². The van der Waals surface area contributed by atoms with Gasteiger partial charge in [-0.15, -0.1) is 0 Å². The number of nitrogens with one attached hydrogen (secondary N) is 1. The van der Waals surface area contributed by atoms with Gasteiger partial charge in [0.25, 0.3) is 5.91 Å². The van der Waals surface area contributed by atoms with Gasteiger partial charge in [-0.2, -0.15) is 13.5 Å². The number of carbonyl (C=O) groups excluding carboxylic acids is 1. The molecule has 4 rings (SSSR count). The summed E-state index contributed by atoms with van der Waals surface area (Å²) < 4.78 is 69.6. The monoisotopic (exact) mass is 430 g/mol. The number of nitrogens with zero attached hydrogens (tertiary/aromatic N) is 3. The number of hydrogen-bond acceptors (Lipinski definition) is 5. The Hall–Kier alpha value is -2.76. The van der Waals surface area contributed by atoms with Crippen LogP contribution in [0.25, 0.3) is 11.1 Å². The first kappa shape index (κ1) is 19.6. The summed E-state index contributed by atoms with van der Waals surface area (Å²) in [4.78, 5) is 11.4. The molecule has 2 aromatic rings. The van der Waals surface area contributed by atoms with Gasteiger partial charge in [0.1, 0.15) is 18.0 Å². The summed E-state index contributed by atoms with van der Waals surface area (Å²) in [6.07, 6.45) is 2.80. The predicted molar refractivity (Wildman–Crippen MR) is 96.1 cm³/mol. The van der Waals surface area contributed by atoms with E-state index in [1.807, 2.05) is 0 Å². The van der Waals surface area contributed by atoms with Gasteiger partial charge in [0, 0.05) is 30.2 Å². The fourth-order valence-electron chi connectivity index (χ4n) is 3.63. The molecule has 1 aliphatic carbocycles. The summed E-state index contributed by atoms with van der Waals surface area (Å²) >= 11 is 0. The molecule has 12 heteroatoms. The van der Waals surface area contributed by atoms with E-state index in [2.05, 4.69) is 5.10 Å². The quantitative estimate of drug-likeness (QED) is 0.778. The molecule has 0 radical (unpaired) electrons. The lowest BCUT2D eigenvalue weighted by atomic mass is 9.92. The third kappa shape index (κ3) is 3.52. The second-order valence-corrected chi connectivity index (χ2v) is 8.72. The highest BCUT2D eigenvalue weighted by atomic mass is 32.2. The average molecular weight is 430 g/mol. The Kier molecular flexibility index (Phi) is 4.48. The summed E-state index contributed by atoms with van der Waals surface area (Å²) in [5.41, 5.74) is -0.400. The Morgan fingerprint density at radius 3 is 2.55 bits per heavy atom. The summed E-state index contributed by atoms with van der Waals surface area (Å²) in [6, 6.07) is 2.12. The molecule has 2 heterocycles. The number of carbonyl (C=O) groups is 1. The molecular formula is C17H17F3N4O4S. The highest BCUT2D eigenvalue weighted by Gasteiger charge is 2.38. The topological polar surface area (TPSA) is 105 Å². The lowest BCUT2D eigenvalue weighted by Crippen LogP contribution is -2.30. The van der Waals surface area contributed by atoms with Crippen LogP contribution in [0.4, 0.5) is 18.9 Å². The van der Waals surface area contributed by atoms with Crippen LogP contribution >= 0.6 is 0 Å². The number of halogens is 3. The number of alkyl halides is 2. The van der Waals surface area contributed by atoms with Crippen molar-refractivity contribution < 1.29 is 31.5 Å². The van der Waals surface area contributed by atoms with Crippen molar-refractivity contribution in [2.24, 2.45) is 0 Å². The van der Waals surface area contributed by atoms with Crippen molar-refractivity contribution in [1.82, 2.24) is 14.5 Å². The number of phenols is 1. The molecule has 1 aromatic carbocycles. The fraction of sp³-hybridized carbons (Fsp3) is 0.412. The van der Waals surface area contributed by atoms with Crippen molar-refractivity contribution in [3.05, 3.63) is 30.3 Å². The van der Waals surface area contributed by atoms with Crippen LogP contribution in [0, 0.1) is 5.82 Å². The van der Waals surface area contributed by atoms with Crippen molar-refractivity contribution in [2.75, 3.05) is 10.8 Å². The van der Waals surface area contributed by atoms with Gasteiger partial charge in [0.2, 0.25) is 5.92 Å². The molecule has 156 valence electrons. The maximum atomic E-state index is 15.2. The fourth-order valence-corrected chi connectivity index (χ4v) is 4.79. The summed E-state index contributed by atoms with van der Waals surface area (Å²) in [6.45, 7) is -0.661. The van der Waals surface area contributed by atoms with Crippen LogP contribution in [0.5, 0.6) is 5.75 Å². The first-order valence-corrected chi connectivity index (χ1v) is 10.3. The first-order chi connectivity index (χ1) is 13.6. The zero-order valence-corrected chi connectivity index (χ0v) is 15.8. The Labute approximate surface area is 164 Å². The van der Waals surface area contributed by atoms with E-state index in [0.717, 1.165) is 6.07 Å². The van der Waals surface area contributed by atoms with Gasteiger partial charge in [0.05, 0.1) is 12.2 Å². The Balaban J connectivity index is 1.67. The number of aromatic nitrogens is 2. The van der Waals surface area contributed by atoms with E-state index >= 15 is 4.39 Å². The molecule has 1 aromatic heterocycles. The Bertz CT molecular complexity index is 1080. The highest BCUT2D eigenvalue weighted by Crippen LogP contribution is 2.41. The van der Waals surface area contributed by atoms with E-state index in [1.165, 1.54) is 23.1 Å². The van der Waals surface area contributed by atoms with Crippen LogP contribution in [0.15, 0.2) is 24.5 Å². The van der Waals surface area contributed by atoms with Crippen LogP contribution in [-0.2, 0) is 15.0 Å². The standard InChI is InChI=1S/C17H17F3N4O4S/c18-15-12(1-2-13(25)16(15)24-9-14(26)22-29(24,27)28)10-7-21-23(8-10)11-3-5-17(19,20)6-4-11/h1-2,7-8,11,25H,3-6,9H2,(H,22,26). The number of rotatable bonds is 3. The van der Waals surface area contributed by atoms with Crippen molar-refractivity contribution in [2.45, 2.75) is 37.6 Å². The van der Waals surface area contributed by atoms with Gasteiger partial charge in [-0.3, -0.25) is 9.48 Å². The molecule has 2 N–H and O–H groups in total.